The highest BCUT2D eigenvalue weighted by Crippen LogP contribution is 2.17. The van der Waals surface area contributed by atoms with Crippen molar-refractivity contribution in [2.45, 2.75) is 19.4 Å². The van der Waals surface area contributed by atoms with Gasteiger partial charge in [0.2, 0.25) is 0 Å². The third-order valence-electron chi connectivity index (χ3n) is 3.11. The molecule has 2 aromatic rings. The van der Waals surface area contributed by atoms with Gasteiger partial charge in [0, 0.05) is 17.1 Å². The smallest absolute Gasteiger partial charge is 0.123 e. The molecule has 21 heavy (non-hydrogen) atoms. The lowest BCUT2D eigenvalue weighted by molar-refractivity contribution is 0.306. The molecule has 112 valence electrons. The largest absolute Gasteiger partial charge is 0.492 e. The monoisotopic (exact) mass is 351 g/mol. The molecule has 0 saturated heterocycles. The summed E-state index contributed by atoms with van der Waals surface area (Å²) >= 11 is 3.41. The van der Waals surface area contributed by atoms with Crippen LogP contribution in [-0.4, -0.2) is 19.2 Å². The third kappa shape index (κ3) is 5.86. The summed E-state index contributed by atoms with van der Waals surface area (Å²) in [6.45, 7) is 3.50. The van der Waals surface area contributed by atoms with E-state index >= 15 is 0 Å². The summed E-state index contributed by atoms with van der Waals surface area (Å²) < 4.78 is 19.5. The fraction of sp³-hybridized carbons (Fsp3) is 0.294. The van der Waals surface area contributed by atoms with Gasteiger partial charge in [-0.15, -0.1) is 0 Å². The van der Waals surface area contributed by atoms with E-state index in [0.717, 1.165) is 28.8 Å². The van der Waals surface area contributed by atoms with E-state index in [9.17, 15) is 4.39 Å². The number of hydrogen-bond acceptors (Lipinski definition) is 2. The van der Waals surface area contributed by atoms with Crippen LogP contribution in [0, 0.1) is 5.82 Å². The first-order valence-electron chi connectivity index (χ1n) is 6.99. The van der Waals surface area contributed by atoms with Gasteiger partial charge in [0.25, 0.3) is 0 Å². The minimum Gasteiger partial charge on any atom is -0.492 e. The lowest BCUT2D eigenvalue weighted by atomic mass is 10.1. The summed E-state index contributed by atoms with van der Waals surface area (Å²) in [5.74, 6) is 0.666. The maximum Gasteiger partial charge on any atom is 0.123 e. The number of rotatable bonds is 7. The van der Waals surface area contributed by atoms with Gasteiger partial charge in [-0.05, 0) is 49.2 Å². The molecular formula is C17H19BrFNO. The second-order valence-corrected chi connectivity index (χ2v) is 5.91. The van der Waals surface area contributed by atoms with Crippen LogP contribution in [0.4, 0.5) is 4.39 Å². The molecule has 0 aliphatic rings. The topological polar surface area (TPSA) is 21.3 Å². The summed E-state index contributed by atoms with van der Waals surface area (Å²) in [5, 5.41) is 3.40. The lowest BCUT2D eigenvalue weighted by Gasteiger charge is -2.14. The van der Waals surface area contributed by atoms with Crippen LogP contribution < -0.4 is 10.1 Å². The maximum absolute atomic E-state index is 12.8. The molecule has 0 spiro atoms. The standard InChI is InChI=1S/C17H19BrFNO/c1-13(11-14-5-7-16(19)8-6-14)20-9-10-21-17-4-2-3-15(18)12-17/h2-8,12-13,20H,9-11H2,1H3. The Kier molecular flexibility index (Phi) is 6.21. The highest BCUT2D eigenvalue weighted by molar-refractivity contribution is 9.10. The number of ether oxygens (including phenoxy) is 1. The van der Waals surface area contributed by atoms with E-state index in [1.54, 1.807) is 0 Å². The quantitative estimate of drug-likeness (QED) is 0.755. The van der Waals surface area contributed by atoms with Crippen molar-refractivity contribution in [2.24, 2.45) is 0 Å². The highest BCUT2D eigenvalue weighted by Gasteiger charge is 2.03. The predicted molar refractivity (Wildman–Crippen MR) is 87.2 cm³/mol. The van der Waals surface area contributed by atoms with Crippen LogP contribution in [0.1, 0.15) is 12.5 Å². The van der Waals surface area contributed by atoms with Gasteiger partial charge in [-0.3, -0.25) is 0 Å². The molecule has 0 heterocycles. The van der Waals surface area contributed by atoms with Gasteiger partial charge in [0.15, 0.2) is 0 Å². The van der Waals surface area contributed by atoms with Crippen LogP contribution in [0.5, 0.6) is 5.75 Å². The molecule has 0 aliphatic heterocycles. The minimum atomic E-state index is -0.193. The van der Waals surface area contributed by atoms with Crippen molar-refractivity contribution in [1.29, 1.82) is 0 Å². The molecule has 1 N–H and O–H groups in total. The Bertz CT molecular complexity index is 559. The molecule has 0 aromatic heterocycles. The van der Waals surface area contributed by atoms with Crippen molar-refractivity contribution >= 4 is 15.9 Å². The Labute approximate surface area is 133 Å². The van der Waals surface area contributed by atoms with Crippen molar-refractivity contribution in [3.05, 3.63) is 64.4 Å². The molecule has 0 aliphatic carbocycles. The fourth-order valence-electron chi connectivity index (χ4n) is 2.08. The van der Waals surface area contributed by atoms with E-state index < -0.39 is 0 Å². The predicted octanol–water partition coefficient (Wildman–Crippen LogP) is 4.19. The molecule has 0 bridgehead atoms. The summed E-state index contributed by atoms with van der Waals surface area (Å²) in [7, 11) is 0. The van der Waals surface area contributed by atoms with Gasteiger partial charge < -0.3 is 10.1 Å². The Balaban J connectivity index is 1.67. The Hall–Kier alpha value is -1.39. The molecule has 4 heteroatoms. The maximum atomic E-state index is 12.8. The second-order valence-electron chi connectivity index (χ2n) is 4.99. The highest BCUT2D eigenvalue weighted by atomic mass is 79.9. The van der Waals surface area contributed by atoms with Gasteiger partial charge in [0.1, 0.15) is 18.2 Å². The van der Waals surface area contributed by atoms with Gasteiger partial charge in [-0.25, -0.2) is 4.39 Å². The zero-order valence-electron chi connectivity index (χ0n) is 12.0. The van der Waals surface area contributed by atoms with Crippen molar-refractivity contribution < 1.29 is 9.13 Å². The molecule has 2 aromatic carbocycles. The first-order valence-corrected chi connectivity index (χ1v) is 7.79. The molecule has 0 fully saturated rings. The van der Waals surface area contributed by atoms with Crippen molar-refractivity contribution in [3.8, 4) is 5.75 Å². The molecular weight excluding hydrogens is 333 g/mol. The molecule has 1 unspecified atom stereocenters. The average Bonchev–Trinajstić information content (AvgIpc) is 2.46. The molecule has 2 rings (SSSR count). The van der Waals surface area contributed by atoms with E-state index in [0.29, 0.717) is 12.6 Å². The first kappa shape index (κ1) is 16.0. The van der Waals surface area contributed by atoms with Crippen LogP contribution >= 0.6 is 15.9 Å². The van der Waals surface area contributed by atoms with E-state index in [1.807, 2.05) is 36.4 Å². The number of benzene rings is 2. The number of nitrogens with one attached hydrogen (secondary N) is 1. The van der Waals surface area contributed by atoms with E-state index in [-0.39, 0.29) is 5.82 Å². The third-order valence-corrected chi connectivity index (χ3v) is 3.61. The molecule has 0 radical (unpaired) electrons. The Morgan fingerprint density at radius 3 is 2.67 bits per heavy atom. The van der Waals surface area contributed by atoms with Crippen LogP contribution in [-0.2, 0) is 6.42 Å². The number of hydrogen-bond donors (Lipinski definition) is 1. The normalized spacial score (nSPS) is 12.1. The fourth-order valence-corrected chi connectivity index (χ4v) is 2.46. The SMILES string of the molecule is CC(Cc1ccc(F)cc1)NCCOc1cccc(Br)c1. The lowest BCUT2D eigenvalue weighted by Crippen LogP contribution is -2.31. The molecule has 0 saturated carbocycles. The van der Waals surface area contributed by atoms with Crippen molar-refractivity contribution in [3.63, 3.8) is 0 Å². The van der Waals surface area contributed by atoms with Crippen molar-refractivity contribution in [2.75, 3.05) is 13.2 Å². The molecule has 0 amide bonds. The zero-order valence-corrected chi connectivity index (χ0v) is 13.6. The zero-order chi connectivity index (χ0) is 15.1. The van der Waals surface area contributed by atoms with E-state index in [1.165, 1.54) is 12.1 Å². The van der Waals surface area contributed by atoms with Gasteiger partial charge >= 0.3 is 0 Å². The second kappa shape index (κ2) is 8.15. The summed E-state index contributed by atoms with van der Waals surface area (Å²) in [6, 6.07) is 14.8. The van der Waals surface area contributed by atoms with Crippen LogP contribution in [0.15, 0.2) is 53.0 Å². The minimum absolute atomic E-state index is 0.193. The summed E-state index contributed by atoms with van der Waals surface area (Å²) in [4.78, 5) is 0. The Morgan fingerprint density at radius 2 is 1.95 bits per heavy atom. The van der Waals surface area contributed by atoms with Crippen molar-refractivity contribution in [1.82, 2.24) is 5.32 Å². The van der Waals surface area contributed by atoms with Gasteiger partial charge in [0.05, 0.1) is 0 Å². The van der Waals surface area contributed by atoms with Gasteiger partial charge in [-0.2, -0.15) is 0 Å². The van der Waals surface area contributed by atoms with E-state index in [2.05, 4.69) is 28.2 Å². The molecule has 2 nitrogen and oxygen atoms in total. The Morgan fingerprint density at radius 1 is 1.19 bits per heavy atom. The first-order chi connectivity index (χ1) is 10.1. The average molecular weight is 352 g/mol. The summed E-state index contributed by atoms with van der Waals surface area (Å²) in [6.07, 6.45) is 0.872. The van der Waals surface area contributed by atoms with Crippen LogP contribution in [0.2, 0.25) is 0 Å². The molecule has 1 atom stereocenters. The van der Waals surface area contributed by atoms with Crippen LogP contribution in [0.3, 0.4) is 0 Å². The summed E-state index contributed by atoms with van der Waals surface area (Å²) in [5.41, 5.74) is 1.13. The number of halogens is 2. The van der Waals surface area contributed by atoms with Crippen LogP contribution in [0.25, 0.3) is 0 Å². The van der Waals surface area contributed by atoms with Gasteiger partial charge in [-0.1, -0.05) is 34.1 Å². The van der Waals surface area contributed by atoms with E-state index in [4.69, 9.17) is 4.74 Å².